The molecule has 1 aromatic heterocycles. The number of nitrogens with one attached hydrogen (secondary N) is 1. The van der Waals surface area contributed by atoms with Crippen LogP contribution < -0.4 is 10.1 Å². The third-order valence-corrected chi connectivity index (χ3v) is 4.31. The van der Waals surface area contributed by atoms with E-state index in [1.54, 1.807) is 26.0 Å². The third-order valence-electron chi connectivity index (χ3n) is 2.95. The zero-order valence-electron chi connectivity index (χ0n) is 13.5. The lowest BCUT2D eigenvalue weighted by molar-refractivity contribution is -0.118. The summed E-state index contributed by atoms with van der Waals surface area (Å²) >= 11 is 7.07. The van der Waals surface area contributed by atoms with E-state index in [-0.39, 0.29) is 13.2 Å². The van der Waals surface area contributed by atoms with Gasteiger partial charge in [0.05, 0.1) is 17.3 Å². The Kier molecular flexibility index (Phi) is 6.16. The number of thiazole rings is 1. The number of hydrogen-bond acceptors (Lipinski definition) is 6. The highest BCUT2D eigenvalue weighted by molar-refractivity contribution is 7.17. The molecule has 0 fully saturated rings. The van der Waals surface area contributed by atoms with E-state index in [2.05, 4.69) is 10.3 Å². The normalized spacial score (nSPS) is 10.3. The Labute approximate surface area is 148 Å². The van der Waals surface area contributed by atoms with E-state index in [0.29, 0.717) is 26.5 Å². The first-order valence-electron chi connectivity index (χ1n) is 7.24. The molecule has 8 heteroatoms. The zero-order chi connectivity index (χ0) is 17.7. The van der Waals surface area contributed by atoms with Gasteiger partial charge in [-0.05, 0) is 38.5 Å². The Morgan fingerprint density at radius 1 is 1.33 bits per heavy atom. The van der Waals surface area contributed by atoms with Crippen molar-refractivity contribution in [2.24, 2.45) is 0 Å². The Morgan fingerprint density at radius 3 is 2.79 bits per heavy atom. The van der Waals surface area contributed by atoms with Crippen LogP contribution in [0.4, 0.5) is 5.13 Å². The van der Waals surface area contributed by atoms with Gasteiger partial charge < -0.3 is 9.47 Å². The predicted octanol–water partition coefficient (Wildman–Crippen LogP) is 3.61. The lowest BCUT2D eigenvalue weighted by Crippen LogP contribution is -2.20. The summed E-state index contributed by atoms with van der Waals surface area (Å²) in [6.07, 6.45) is 0. The molecule has 0 bridgehead atoms. The van der Waals surface area contributed by atoms with Gasteiger partial charge in [0.25, 0.3) is 5.91 Å². The van der Waals surface area contributed by atoms with Crippen molar-refractivity contribution in [2.45, 2.75) is 20.8 Å². The number of rotatable bonds is 6. The van der Waals surface area contributed by atoms with Gasteiger partial charge in [0, 0.05) is 0 Å². The van der Waals surface area contributed by atoms with Gasteiger partial charge in [-0.3, -0.25) is 10.1 Å². The molecule has 6 nitrogen and oxygen atoms in total. The summed E-state index contributed by atoms with van der Waals surface area (Å²) in [5.41, 5.74) is 1.49. The minimum absolute atomic E-state index is 0.212. The summed E-state index contributed by atoms with van der Waals surface area (Å²) in [5, 5.41) is 3.35. The molecular weight excluding hydrogens is 352 g/mol. The number of amides is 1. The van der Waals surface area contributed by atoms with Crippen LogP contribution in [-0.2, 0) is 9.53 Å². The number of ether oxygens (including phenoxy) is 2. The maximum absolute atomic E-state index is 12.0. The molecule has 0 unspecified atom stereocenters. The van der Waals surface area contributed by atoms with Gasteiger partial charge in [-0.15, -0.1) is 0 Å². The van der Waals surface area contributed by atoms with Crippen LogP contribution >= 0.6 is 22.9 Å². The SMILES string of the molecule is CCOC(=O)c1sc(NC(=O)COc2cc(C)ccc2Cl)nc1C. The minimum Gasteiger partial charge on any atom is -0.482 e. The number of halogens is 1. The van der Waals surface area contributed by atoms with Crippen LogP contribution in [0.15, 0.2) is 18.2 Å². The summed E-state index contributed by atoms with van der Waals surface area (Å²) in [6.45, 7) is 5.38. The quantitative estimate of drug-likeness (QED) is 0.788. The third kappa shape index (κ3) is 4.69. The molecule has 1 aromatic carbocycles. The summed E-state index contributed by atoms with van der Waals surface area (Å²) in [6, 6.07) is 5.31. The molecule has 0 saturated heterocycles. The maximum Gasteiger partial charge on any atom is 0.350 e. The molecule has 0 atom stereocenters. The number of aromatic nitrogens is 1. The lowest BCUT2D eigenvalue weighted by Gasteiger charge is -2.08. The highest BCUT2D eigenvalue weighted by atomic mass is 35.5. The molecule has 0 saturated carbocycles. The molecule has 128 valence electrons. The summed E-state index contributed by atoms with van der Waals surface area (Å²) in [5.74, 6) is -0.401. The number of carbonyl (C=O) groups excluding carboxylic acids is 2. The summed E-state index contributed by atoms with van der Waals surface area (Å²) in [4.78, 5) is 28.2. The van der Waals surface area contributed by atoms with E-state index in [1.807, 2.05) is 13.0 Å². The Balaban J connectivity index is 1.96. The van der Waals surface area contributed by atoms with Crippen molar-refractivity contribution in [1.29, 1.82) is 0 Å². The second-order valence-electron chi connectivity index (χ2n) is 4.92. The van der Waals surface area contributed by atoms with Crippen LogP contribution in [0.25, 0.3) is 0 Å². The van der Waals surface area contributed by atoms with Crippen molar-refractivity contribution in [3.8, 4) is 5.75 Å². The second-order valence-corrected chi connectivity index (χ2v) is 6.33. The number of nitrogens with zero attached hydrogens (tertiary/aromatic N) is 1. The fourth-order valence-electron chi connectivity index (χ4n) is 1.86. The van der Waals surface area contributed by atoms with Crippen LogP contribution in [0.1, 0.15) is 27.9 Å². The van der Waals surface area contributed by atoms with Crippen LogP contribution in [0.5, 0.6) is 5.75 Å². The number of benzene rings is 1. The first-order chi connectivity index (χ1) is 11.4. The number of hydrogen-bond donors (Lipinski definition) is 1. The predicted molar refractivity (Wildman–Crippen MR) is 93.1 cm³/mol. The molecule has 0 aliphatic heterocycles. The van der Waals surface area contributed by atoms with Crippen molar-refractivity contribution in [3.05, 3.63) is 39.4 Å². The fraction of sp³-hybridized carbons (Fsp3) is 0.312. The highest BCUT2D eigenvalue weighted by Crippen LogP contribution is 2.26. The molecular formula is C16H17ClN2O4S. The van der Waals surface area contributed by atoms with Crippen LogP contribution in [0, 0.1) is 13.8 Å². The maximum atomic E-state index is 12.0. The van der Waals surface area contributed by atoms with E-state index in [1.165, 1.54) is 0 Å². The standard InChI is InChI=1S/C16H17ClN2O4S/c1-4-22-15(21)14-10(3)18-16(24-14)19-13(20)8-23-12-7-9(2)5-6-11(12)17/h5-7H,4,8H2,1-3H3,(H,18,19,20). The van der Waals surface area contributed by atoms with Crippen molar-refractivity contribution < 1.29 is 19.1 Å². The smallest absolute Gasteiger partial charge is 0.350 e. The molecule has 2 rings (SSSR count). The molecule has 1 amide bonds. The van der Waals surface area contributed by atoms with Crippen molar-refractivity contribution in [3.63, 3.8) is 0 Å². The van der Waals surface area contributed by atoms with E-state index >= 15 is 0 Å². The van der Waals surface area contributed by atoms with Gasteiger partial charge in [0.15, 0.2) is 11.7 Å². The largest absolute Gasteiger partial charge is 0.482 e. The summed E-state index contributed by atoms with van der Waals surface area (Å²) in [7, 11) is 0. The topological polar surface area (TPSA) is 77.5 Å². The van der Waals surface area contributed by atoms with Gasteiger partial charge in [-0.1, -0.05) is 29.0 Å². The monoisotopic (exact) mass is 368 g/mol. The van der Waals surface area contributed by atoms with Gasteiger partial charge in [-0.25, -0.2) is 9.78 Å². The van der Waals surface area contributed by atoms with Crippen molar-refractivity contribution in [2.75, 3.05) is 18.5 Å². The average Bonchev–Trinajstić information content (AvgIpc) is 2.89. The molecule has 1 heterocycles. The first-order valence-corrected chi connectivity index (χ1v) is 8.43. The van der Waals surface area contributed by atoms with E-state index in [9.17, 15) is 9.59 Å². The number of anilines is 1. The molecule has 0 aliphatic rings. The zero-order valence-corrected chi connectivity index (χ0v) is 15.1. The molecule has 24 heavy (non-hydrogen) atoms. The van der Waals surface area contributed by atoms with Gasteiger partial charge >= 0.3 is 5.97 Å². The van der Waals surface area contributed by atoms with Gasteiger partial charge in [0.2, 0.25) is 0 Å². The van der Waals surface area contributed by atoms with Crippen LogP contribution in [0.2, 0.25) is 5.02 Å². The fourth-order valence-corrected chi connectivity index (χ4v) is 2.90. The average molecular weight is 369 g/mol. The molecule has 2 aromatic rings. The first kappa shape index (κ1) is 18.2. The Morgan fingerprint density at radius 2 is 2.08 bits per heavy atom. The number of aryl methyl sites for hydroxylation is 2. The van der Waals surface area contributed by atoms with E-state index < -0.39 is 11.9 Å². The molecule has 1 N–H and O–H groups in total. The molecule has 0 spiro atoms. The Bertz CT molecular complexity index is 761. The molecule has 0 radical (unpaired) electrons. The van der Waals surface area contributed by atoms with Gasteiger partial charge in [-0.2, -0.15) is 0 Å². The van der Waals surface area contributed by atoms with Crippen LogP contribution in [0.3, 0.4) is 0 Å². The Hall–Kier alpha value is -2.12. The van der Waals surface area contributed by atoms with Crippen molar-refractivity contribution >= 4 is 39.9 Å². The van der Waals surface area contributed by atoms with E-state index in [0.717, 1.165) is 16.9 Å². The number of esters is 1. The number of carbonyl (C=O) groups is 2. The van der Waals surface area contributed by atoms with Crippen molar-refractivity contribution in [1.82, 2.24) is 4.98 Å². The second kappa shape index (κ2) is 8.12. The highest BCUT2D eigenvalue weighted by Gasteiger charge is 2.17. The van der Waals surface area contributed by atoms with Gasteiger partial charge in [0.1, 0.15) is 10.6 Å². The summed E-state index contributed by atoms with van der Waals surface area (Å²) < 4.78 is 10.4. The lowest BCUT2D eigenvalue weighted by atomic mass is 10.2. The minimum atomic E-state index is -0.448. The van der Waals surface area contributed by atoms with Crippen LogP contribution in [-0.4, -0.2) is 30.1 Å². The molecule has 0 aliphatic carbocycles. The van der Waals surface area contributed by atoms with E-state index in [4.69, 9.17) is 21.1 Å².